The summed E-state index contributed by atoms with van der Waals surface area (Å²) in [4.78, 5) is 62.1. The van der Waals surface area contributed by atoms with Gasteiger partial charge in [0.1, 0.15) is 17.5 Å². The van der Waals surface area contributed by atoms with E-state index in [4.69, 9.17) is 9.47 Å². The molecule has 12 heteroatoms. The second kappa shape index (κ2) is 14.9. The molecule has 242 valence electrons. The molecule has 2 heterocycles. The number of unbranched alkanes of at least 4 members (excludes halogenated alkanes) is 3. The van der Waals surface area contributed by atoms with Crippen molar-refractivity contribution in [2.24, 2.45) is 0 Å². The number of para-hydroxylation sites is 2. The van der Waals surface area contributed by atoms with Crippen LogP contribution in [-0.4, -0.2) is 82.5 Å². The van der Waals surface area contributed by atoms with Gasteiger partial charge in [0.05, 0.1) is 31.1 Å². The van der Waals surface area contributed by atoms with Crippen molar-refractivity contribution in [3.63, 3.8) is 0 Å². The largest absolute Gasteiger partial charge is 0.469 e. The number of H-pyrrole nitrogens is 1. The Morgan fingerprint density at radius 2 is 1.84 bits per heavy atom. The fourth-order valence-corrected chi connectivity index (χ4v) is 5.21. The van der Waals surface area contributed by atoms with E-state index in [1.165, 1.54) is 7.11 Å². The molecule has 2 aromatic carbocycles. The number of anilines is 1. The van der Waals surface area contributed by atoms with Crippen LogP contribution in [0.15, 0.2) is 42.5 Å². The van der Waals surface area contributed by atoms with E-state index in [1.807, 2.05) is 51.1 Å². The Morgan fingerprint density at radius 3 is 2.58 bits per heavy atom. The molecule has 3 aromatic rings. The first kappa shape index (κ1) is 33.3. The van der Waals surface area contributed by atoms with E-state index in [9.17, 15) is 19.2 Å². The number of imidazole rings is 1. The number of carbonyl (C=O) groups excluding carboxylic acids is 4. The minimum Gasteiger partial charge on any atom is -0.469 e. The van der Waals surface area contributed by atoms with Gasteiger partial charge in [0.2, 0.25) is 5.91 Å². The zero-order valence-electron chi connectivity index (χ0n) is 26.8. The summed E-state index contributed by atoms with van der Waals surface area (Å²) in [5.41, 5.74) is 3.19. The van der Waals surface area contributed by atoms with Gasteiger partial charge in [0.25, 0.3) is 5.91 Å². The molecule has 0 saturated carbocycles. The molecule has 3 amide bonds. The molecule has 1 atom stereocenters. The van der Waals surface area contributed by atoms with E-state index in [-0.39, 0.29) is 18.2 Å². The molecule has 0 spiro atoms. The van der Waals surface area contributed by atoms with Crippen molar-refractivity contribution in [2.75, 3.05) is 32.6 Å². The molecule has 45 heavy (non-hydrogen) atoms. The van der Waals surface area contributed by atoms with Gasteiger partial charge in [-0.25, -0.2) is 9.78 Å². The number of nitrogens with zero attached hydrogens (tertiary/aromatic N) is 3. The van der Waals surface area contributed by atoms with Gasteiger partial charge in [0.15, 0.2) is 0 Å². The van der Waals surface area contributed by atoms with Gasteiger partial charge < -0.3 is 34.9 Å². The highest BCUT2D eigenvalue weighted by atomic mass is 16.6. The lowest BCUT2D eigenvalue weighted by Crippen LogP contribution is -2.42. The smallest absolute Gasteiger partial charge is 0.407 e. The first-order chi connectivity index (χ1) is 21.4. The van der Waals surface area contributed by atoms with Gasteiger partial charge in [-0.3, -0.25) is 14.4 Å². The predicted octanol–water partition coefficient (Wildman–Crippen LogP) is 4.61. The summed E-state index contributed by atoms with van der Waals surface area (Å²) in [6.45, 7) is 7.07. The van der Waals surface area contributed by atoms with Gasteiger partial charge in [-0.15, -0.1) is 0 Å². The number of fused-ring (bicyclic) bond motifs is 2. The number of aromatic amines is 1. The molecule has 12 nitrogen and oxygen atoms in total. The van der Waals surface area contributed by atoms with Gasteiger partial charge in [-0.05, 0) is 69.5 Å². The minimum absolute atomic E-state index is 0.109. The number of ether oxygens (including phenoxy) is 2. The SMILES string of the molecule is COC(=O)C[C@H]1Nc2ccc(C(=O)N(C)Cc3nc4ccccc4[nH]3)cc2CN(CCCCCCNC(=O)OC(C)(C)C)C1=O. The Labute approximate surface area is 263 Å². The van der Waals surface area contributed by atoms with Crippen LogP contribution in [0.3, 0.4) is 0 Å². The van der Waals surface area contributed by atoms with Crippen molar-refractivity contribution >= 4 is 40.6 Å². The molecule has 4 rings (SSSR count). The Balaban J connectivity index is 1.38. The van der Waals surface area contributed by atoms with E-state index in [0.717, 1.165) is 42.3 Å². The van der Waals surface area contributed by atoms with Crippen molar-refractivity contribution in [1.29, 1.82) is 0 Å². The van der Waals surface area contributed by atoms with Gasteiger partial charge >= 0.3 is 12.1 Å². The summed E-state index contributed by atoms with van der Waals surface area (Å²) in [5, 5.41) is 5.98. The minimum atomic E-state index is -0.783. The van der Waals surface area contributed by atoms with Crippen LogP contribution in [-0.2, 0) is 32.2 Å². The summed E-state index contributed by atoms with van der Waals surface area (Å²) >= 11 is 0. The molecule has 0 radical (unpaired) electrons. The van der Waals surface area contributed by atoms with Crippen LogP contribution >= 0.6 is 0 Å². The first-order valence-corrected chi connectivity index (χ1v) is 15.3. The van der Waals surface area contributed by atoms with E-state index < -0.39 is 23.7 Å². The molecular weight excluding hydrogens is 576 g/mol. The maximum atomic E-state index is 13.5. The quantitative estimate of drug-likeness (QED) is 0.197. The number of aromatic nitrogens is 2. The average molecular weight is 621 g/mol. The third-order valence-corrected chi connectivity index (χ3v) is 7.45. The molecule has 0 saturated heterocycles. The van der Waals surface area contributed by atoms with E-state index in [1.54, 1.807) is 29.0 Å². The molecule has 1 aliphatic heterocycles. The Hall–Kier alpha value is -4.61. The number of hydrogen-bond acceptors (Lipinski definition) is 8. The highest BCUT2D eigenvalue weighted by molar-refractivity contribution is 5.96. The molecule has 0 bridgehead atoms. The van der Waals surface area contributed by atoms with Crippen LogP contribution in [0.1, 0.15) is 74.6 Å². The van der Waals surface area contributed by atoms with E-state index >= 15 is 0 Å². The number of methoxy groups -OCH3 is 1. The van der Waals surface area contributed by atoms with Crippen LogP contribution in [0.5, 0.6) is 0 Å². The number of amides is 3. The molecular formula is C33H44N6O6. The normalized spacial score (nSPS) is 14.7. The number of hydrogen-bond donors (Lipinski definition) is 3. The summed E-state index contributed by atoms with van der Waals surface area (Å²) in [6.07, 6.45) is 2.72. The summed E-state index contributed by atoms with van der Waals surface area (Å²) in [7, 11) is 3.03. The number of alkyl carbamates (subject to hydrolysis) is 1. The Kier molecular flexibility index (Phi) is 11.0. The Bertz CT molecular complexity index is 1480. The number of nitrogens with one attached hydrogen (secondary N) is 3. The number of rotatable bonds is 12. The van der Waals surface area contributed by atoms with Crippen molar-refractivity contribution in [2.45, 2.75) is 77.6 Å². The zero-order chi connectivity index (χ0) is 32.6. The highest BCUT2D eigenvalue weighted by Crippen LogP contribution is 2.27. The van der Waals surface area contributed by atoms with E-state index in [2.05, 4.69) is 20.6 Å². The van der Waals surface area contributed by atoms with Crippen LogP contribution in [0, 0.1) is 0 Å². The summed E-state index contributed by atoms with van der Waals surface area (Å²) in [5.74, 6) is -0.170. The highest BCUT2D eigenvalue weighted by Gasteiger charge is 2.31. The van der Waals surface area contributed by atoms with Gasteiger partial charge in [-0.1, -0.05) is 25.0 Å². The number of esters is 1. The lowest BCUT2D eigenvalue weighted by atomic mass is 10.1. The van der Waals surface area contributed by atoms with Crippen molar-refractivity contribution in [1.82, 2.24) is 25.1 Å². The molecule has 1 aromatic heterocycles. The van der Waals surface area contributed by atoms with Crippen LogP contribution in [0.4, 0.5) is 10.5 Å². The molecule has 0 unspecified atom stereocenters. The van der Waals surface area contributed by atoms with Crippen LogP contribution in [0.25, 0.3) is 11.0 Å². The van der Waals surface area contributed by atoms with Crippen LogP contribution in [0.2, 0.25) is 0 Å². The number of carbonyl (C=O) groups is 4. The second-order valence-corrected chi connectivity index (χ2v) is 12.3. The zero-order valence-corrected chi connectivity index (χ0v) is 26.8. The summed E-state index contributed by atoms with van der Waals surface area (Å²) in [6, 6.07) is 12.2. The predicted molar refractivity (Wildman–Crippen MR) is 170 cm³/mol. The second-order valence-electron chi connectivity index (χ2n) is 12.3. The van der Waals surface area contributed by atoms with Crippen LogP contribution < -0.4 is 10.6 Å². The molecule has 1 aliphatic rings. The fourth-order valence-electron chi connectivity index (χ4n) is 5.21. The van der Waals surface area contributed by atoms with Gasteiger partial charge in [0, 0.05) is 37.9 Å². The molecule has 3 N–H and O–H groups in total. The third kappa shape index (κ3) is 9.44. The Morgan fingerprint density at radius 1 is 1.09 bits per heavy atom. The third-order valence-electron chi connectivity index (χ3n) is 7.45. The maximum Gasteiger partial charge on any atom is 0.407 e. The summed E-state index contributed by atoms with van der Waals surface area (Å²) < 4.78 is 10.1. The monoisotopic (exact) mass is 620 g/mol. The van der Waals surface area contributed by atoms with Crippen molar-refractivity contribution in [3.05, 3.63) is 59.4 Å². The maximum absolute atomic E-state index is 13.5. The van der Waals surface area contributed by atoms with Crippen molar-refractivity contribution in [3.8, 4) is 0 Å². The molecule has 0 aliphatic carbocycles. The first-order valence-electron chi connectivity index (χ1n) is 15.3. The molecule has 0 fully saturated rings. The van der Waals surface area contributed by atoms with Crippen molar-refractivity contribution < 1.29 is 28.7 Å². The number of benzene rings is 2. The lowest BCUT2D eigenvalue weighted by Gasteiger charge is -2.24. The average Bonchev–Trinajstić information content (AvgIpc) is 3.35. The standard InChI is InChI=1S/C33H44N6O6/c1-33(2,3)45-32(43)34-16-10-6-7-11-17-39-20-23-18-22(14-15-24(23)35-27(31(39)42)19-29(40)44-5)30(41)38(4)21-28-36-25-12-8-9-13-26(25)37-28/h8-9,12-15,18,27,35H,6-7,10-11,16-17,19-21H2,1-5H3,(H,34,43)(H,36,37)/t27-/m1/s1. The topological polar surface area (TPSA) is 146 Å². The van der Waals surface area contributed by atoms with Gasteiger partial charge in [-0.2, -0.15) is 0 Å². The van der Waals surface area contributed by atoms with E-state index in [0.29, 0.717) is 43.3 Å². The fraction of sp³-hybridized carbons (Fsp3) is 0.485. The lowest BCUT2D eigenvalue weighted by molar-refractivity contribution is -0.144.